The number of nitrogens with zero attached hydrogens (tertiary/aromatic N) is 1. The van der Waals surface area contributed by atoms with E-state index in [4.69, 9.17) is 4.74 Å². The fraction of sp³-hybridized carbons (Fsp3) is 0.600. The molecule has 2 saturated heterocycles. The summed E-state index contributed by atoms with van der Waals surface area (Å²) in [5, 5.41) is 3.62. The van der Waals surface area contributed by atoms with Crippen molar-refractivity contribution in [2.24, 2.45) is 5.92 Å². The van der Waals surface area contributed by atoms with Gasteiger partial charge in [-0.1, -0.05) is 30.3 Å². The Balaban J connectivity index is 1.58. The van der Waals surface area contributed by atoms with Crippen molar-refractivity contribution in [1.29, 1.82) is 0 Å². The third-order valence-corrected chi connectivity index (χ3v) is 4.00. The quantitative estimate of drug-likeness (QED) is 0.878. The zero-order chi connectivity index (χ0) is 12.2. The number of benzene rings is 1. The first-order valence-corrected chi connectivity index (χ1v) is 7.00. The predicted molar refractivity (Wildman–Crippen MR) is 72.6 cm³/mol. The Hall–Kier alpha value is -0.900. The Morgan fingerprint density at radius 3 is 2.94 bits per heavy atom. The first kappa shape index (κ1) is 12.2. The molecule has 3 nitrogen and oxygen atoms in total. The van der Waals surface area contributed by atoms with Gasteiger partial charge < -0.3 is 10.1 Å². The second kappa shape index (κ2) is 5.83. The van der Waals surface area contributed by atoms with E-state index in [1.165, 1.54) is 25.1 Å². The lowest BCUT2D eigenvalue weighted by atomic mass is 10.0. The van der Waals surface area contributed by atoms with Gasteiger partial charge in [0.25, 0.3) is 0 Å². The molecule has 2 aliphatic heterocycles. The first-order valence-electron chi connectivity index (χ1n) is 7.00. The summed E-state index contributed by atoms with van der Waals surface area (Å²) in [4.78, 5) is 2.59. The summed E-state index contributed by atoms with van der Waals surface area (Å²) in [5.41, 5.74) is 1.41. The van der Waals surface area contributed by atoms with E-state index >= 15 is 0 Å². The predicted octanol–water partition coefficient (Wildman–Crippen LogP) is 1.67. The standard InChI is InChI=1S/C15H22N2O/c1-2-4-14(5-3-1)15-11-17(8-7-16-15)10-13-6-9-18-12-13/h1-5,13,15-16H,6-12H2. The highest BCUT2D eigenvalue weighted by molar-refractivity contribution is 5.19. The first-order chi connectivity index (χ1) is 8.92. The van der Waals surface area contributed by atoms with Crippen LogP contribution in [0.25, 0.3) is 0 Å². The van der Waals surface area contributed by atoms with Gasteiger partial charge in [0.05, 0.1) is 6.61 Å². The summed E-state index contributed by atoms with van der Waals surface area (Å²) in [6.07, 6.45) is 1.24. The molecule has 0 amide bonds. The monoisotopic (exact) mass is 246 g/mol. The molecule has 0 radical (unpaired) electrons. The number of nitrogens with one attached hydrogen (secondary N) is 1. The molecule has 2 atom stereocenters. The maximum Gasteiger partial charge on any atom is 0.0507 e. The maximum atomic E-state index is 5.47. The van der Waals surface area contributed by atoms with Gasteiger partial charge in [-0.05, 0) is 17.9 Å². The molecule has 1 N–H and O–H groups in total. The Kier molecular flexibility index (Phi) is 3.93. The number of hydrogen-bond donors (Lipinski definition) is 1. The average Bonchev–Trinajstić information content (AvgIpc) is 2.93. The zero-order valence-corrected chi connectivity index (χ0v) is 10.8. The Bertz CT molecular complexity index is 362. The molecule has 1 aromatic rings. The van der Waals surface area contributed by atoms with Crippen molar-refractivity contribution in [2.75, 3.05) is 39.4 Å². The molecule has 0 spiro atoms. The van der Waals surface area contributed by atoms with Crippen LogP contribution in [0.15, 0.2) is 30.3 Å². The molecule has 1 aromatic carbocycles. The van der Waals surface area contributed by atoms with Crippen LogP contribution in [0.1, 0.15) is 18.0 Å². The van der Waals surface area contributed by atoms with Crippen LogP contribution in [0.4, 0.5) is 0 Å². The second-order valence-electron chi connectivity index (χ2n) is 5.41. The SMILES string of the molecule is c1ccc(C2CN(CC3CCOC3)CCN2)cc1. The van der Waals surface area contributed by atoms with Crippen LogP contribution in [0.5, 0.6) is 0 Å². The molecular weight excluding hydrogens is 224 g/mol. The van der Waals surface area contributed by atoms with Gasteiger partial charge in [-0.3, -0.25) is 4.90 Å². The molecule has 0 aromatic heterocycles. The number of hydrogen-bond acceptors (Lipinski definition) is 3. The minimum atomic E-state index is 0.488. The number of ether oxygens (including phenoxy) is 1. The highest BCUT2D eigenvalue weighted by Crippen LogP contribution is 2.20. The summed E-state index contributed by atoms with van der Waals surface area (Å²) < 4.78 is 5.47. The van der Waals surface area contributed by atoms with Crippen molar-refractivity contribution in [3.05, 3.63) is 35.9 Å². The van der Waals surface area contributed by atoms with Crippen molar-refractivity contribution in [3.63, 3.8) is 0 Å². The summed E-state index contributed by atoms with van der Waals surface area (Å²) in [6.45, 7) is 6.50. The van der Waals surface area contributed by atoms with E-state index in [-0.39, 0.29) is 0 Å². The van der Waals surface area contributed by atoms with E-state index in [9.17, 15) is 0 Å². The van der Waals surface area contributed by atoms with Gasteiger partial charge in [-0.2, -0.15) is 0 Å². The molecule has 0 saturated carbocycles. The van der Waals surface area contributed by atoms with Crippen LogP contribution in [-0.4, -0.2) is 44.3 Å². The van der Waals surface area contributed by atoms with Gasteiger partial charge in [0.2, 0.25) is 0 Å². The van der Waals surface area contributed by atoms with Crippen LogP contribution in [0.3, 0.4) is 0 Å². The highest BCUT2D eigenvalue weighted by Gasteiger charge is 2.24. The van der Waals surface area contributed by atoms with E-state index in [1.54, 1.807) is 0 Å². The second-order valence-corrected chi connectivity index (χ2v) is 5.41. The molecule has 2 heterocycles. The van der Waals surface area contributed by atoms with Crippen molar-refractivity contribution in [1.82, 2.24) is 10.2 Å². The normalized spacial score (nSPS) is 29.6. The van der Waals surface area contributed by atoms with E-state index in [0.29, 0.717) is 6.04 Å². The number of piperazine rings is 1. The lowest BCUT2D eigenvalue weighted by molar-refractivity contribution is 0.148. The smallest absolute Gasteiger partial charge is 0.0507 e. The van der Waals surface area contributed by atoms with E-state index in [2.05, 4.69) is 40.5 Å². The fourth-order valence-corrected chi connectivity index (χ4v) is 2.98. The van der Waals surface area contributed by atoms with E-state index in [0.717, 1.165) is 32.2 Å². The van der Waals surface area contributed by atoms with E-state index in [1.807, 2.05) is 0 Å². The molecule has 2 unspecified atom stereocenters. The lowest BCUT2D eigenvalue weighted by Crippen LogP contribution is -2.47. The molecule has 0 bridgehead atoms. The van der Waals surface area contributed by atoms with Gasteiger partial charge in [-0.15, -0.1) is 0 Å². The molecule has 3 rings (SSSR count). The summed E-state index contributed by atoms with van der Waals surface area (Å²) in [6, 6.07) is 11.3. The molecule has 2 aliphatic rings. The molecular formula is C15H22N2O. The molecule has 18 heavy (non-hydrogen) atoms. The molecule has 2 fully saturated rings. The van der Waals surface area contributed by atoms with Crippen molar-refractivity contribution in [3.8, 4) is 0 Å². The van der Waals surface area contributed by atoms with Gasteiger partial charge in [0.1, 0.15) is 0 Å². The van der Waals surface area contributed by atoms with Crippen LogP contribution < -0.4 is 5.32 Å². The van der Waals surface area contributed by atoms with Crippen LogP contribution >= 0.6 is 0 Å². The topological polar surface area (TPSA) is 24.5 Å². The summed E-state index contributed by atoms with van der Waals surface area (Å²) >= 11 is 0. The molecule has 98 valence electrons. The Morgan fingerprint density at radius 2 is 2.17 bits per heavy atom. The highest BCUT2D eigenvalue weighted by atomic mass is 16.5. The third-order valence-electron chi connectivity index (χ3n) is 4.00. The van der Waals surface area contributed by atoms with Crippen LogP contribution in [-0.2, 0) is 4.74 Å². The molecule has 0 aliphatic carbocycles. The lowest BCUT2D eigenvalue weighted by Gasteiger charge is -2.35. The van der Waals surface area contributed by atoms with Gasteiger partial charge in [0.15, 0.2) is 0 Å². The van der Waals surface area contributed by atoms with Gasteiger partial charge in [0, 0.05) is 38.8 Å². The molecule has 3 heteroatoms. The van der Waals surface area contributed by atoms with E-state index < -0.39 is 0 Å². The minimum Gasteiger partial charge on any atom is -0.381 e. The fourth-order valence-electron chi connectivity index (χ4n) is 2.98. The van der Waals surface area contributed by atoms with Crippen LogP contribution in [0.2, 0.25) is 0 Å². The Morgan fingerprint density at radius 1 is 1.28 bits per heavy atom. The number of rotatable bonds is 3. The largest absolute Gasteiger partial charge is 0.381 e. The summed E-state index contributed by atoms with van der Waals surface area (Å²) in [5.74, 6) is 0.750. The van der Waals surface area contributed by atoms with Crippen molar-refractivity contribution >= 4 is 0 Å². The third kappa shape index (κ3) is 2.91. The minimum absolute atomic E-state index is 0.488. The Labute approximate surface area is 109 Å². The van der Waals surface area contributed by atoms with Crippen molar-refractivity contribution in [2.45, 2.75) is 12.5 Å². The zero-order valence-electron chi connectivity index (χ0n) is 10.8. The maximum absolute atomic E-state index is 5.47. The van der Waals surface area contributed by atoms with Crippen molar-refractivity contribution < 1.29 is 4.74 Å². The van der Waals surface area contributed by atoms with Crippen LogP contribution in [0, 0.1) is 5.92 Å². The van der Waals surface area contributed by atoms with Gasteiger partial charge in [-0.25, -0.2) is 0 Å². The average molecular weight is 246 g/mol. The summed E-state index contributed by atoms with van der Waals surface area (Å²) in [7, 11) is 0. The van der Waals surface area contributed by atoms with Gasteiger partial charge >= 0.3 is 0 Å².